The minimum absolute atomic E-state index is 0.0945. The second-order valence-corrected chi connectivity index (χ2v) is 8.77. The molecule has 1 unspecified atom stereocenters. The first-order valence-electron chi connectivity index (χ1n) is 10.7. The lowest BCUT2D eigenvalue weighted by atomic mass is 9.85. The van der Waals surface area contributed by atoms with Crippen molar-refractivity contribution in [3.63, 3.8) is 0 Å². The topological polar surface area (TPSA) is 18.5 Å². The van der Waals surface area contributed by atoms with Crippen LogP contribution in [0.15, 0.2) is 73.3 Å². The van der Waals surface area contributed by atoms with Gasteiger partial charge < -0.3 is 9.47 Å². The Hall–Kier alpha value is -3.10. The van der Waals surface area contributed by atoms with E-state index in [1.165, 1.54) is 16.7 Å². The molecule has 2 heteroatoms. The average Bonchev–Trinajstić information content (AvgIpc) is 2.75. The molecule has 1 aliphatic heterocycles. The molecule has 0 aliphatic carbocycles. The summed E-state index contributed by atoms with van der Waals surface area (Å²) in [5.74, 6) is 0.881. The zero-order valence-corrected chi connectivity index (χ0v) is 18.7. The highest BCUT2D eigenvalue weighted by molar-refractivity contribution is 5.47. The Balaban J connectivity index is 1.80. The Kier molecular flexibility index (Phi) is 5.84. The van der Waals surface area contributed by atoms with Crippen LogP contribution in [0.4, 0.5) is 0 Å². The summed E-state index contributed by atoms with van der Waals surface area (Å²) < 4.78 is 12.3. The summed E-state index contributed by atoms with van der Waals surface area (Å²) in [6.07, 6.45) is 5.41. The molecule has 0 radical (unpaired) electrons. The van der Waals surface area contributed by atoms with Crippen LogP contribution in [0.25, 0.3) is 12.7 Å². The SMILES string of the molecule is C=C/C=c1/c(Cc2cc(C3OC(C)(C)Cc4ccccc43)ccc2OC)cccc1=C. The summed E-state index contributed by atoms with van der Waals surface area (Å²) in [7, 11) is 1.72. The number of rotatable bonds is 5. The van der Waals surface area contributed by atoms with Gasteiger partial charge in [-0.05, 0) is 64.2 Å². The summed E-state index contributed by atoms with van der Waals surface area (Å²) in [5.41, 5.74) is 5.87. The predicted octanol–water partition coefficient (Wildman–Crippen LogP) is 5.10. The maximum atomic E-state index is 6.58. The molecule has 158 valence electrons. The molecule has 1 aliphatic rings. The molecule has 0 saturated carbocycles. The van der Waals surface area contributed by atoms with Gasteiger partial charge in [0.15, 0.2) is 0 Å². The van der Waals surface area contributed by atoms with Gasteiger partial charge in [0.1, 0.15) is 11.9 Å². The van der Waals surface area contributed by atoms with E-state index in [4.69, 9.17) is 9.47 Å². The first-order valence-corrected chi connectivity index (χ1v) is 10.7. The molecule has 1 atom stereocenters. The third-order valence-corrected chi connectivity index (χ3v) is 5.95. The second-order valence-electron chi connectivity index (χ2n) is 8.77. The fourth-order valence-electron chi connectivity index (χ4n) is 4.54. The lowest BCUT2D eigenvalue weighted by Crippen LogP contribution is -2.35. The first kappa shape index (κ1) is 21.1. The largest absolute Gasteiger partial charge is 0.496 e. The zero-order chi connectivity index (χ0) is 22.0. The summed E-state index contributed by atoms with van der Waals surface area (Å²) in [4.78, 5) is 0. The third kappa shape index (κ3) is 4.35. The van der Waals surface area contributed by atoms with Crippen LogP contribution in [0, 0.1) is 0 Å². The molecule has 2 nitrogen and oxygen atoms in total. The van der Waals surface area contributed by atoms with Crippen molar-refractivity contribution in [3.05, 3.63) is 112 Å². The number of methoxy groups -OCH3 is 1. The molecule has 0 bridgehead atoms. The third-order valence-electron chi connectivity index (χ3n) is 5.95. The van der Waals surface area contributed by atoms with Gasteiger partial charge >= 0.3 is 0 Å². The number of allylic oxidation sites excluding steroid dienone is 1. The zero-order valence-electron chi connectivity index (χ0n) is 18.7. The molecular formula is C29H30O2. The molecular weight excluding hydrogens is 380 g/mol. The summed E-state index contributed by atoms with van der Waals surface area (Å²) >= 11 is 0. The van der Waals surface area contributed by atoms with E-state index in [1.54, 1.807) is 7.11 Å². The first-order chi connectivity index (χ1) is 14.9. The van der Waals surface area contributed by atoms with Crippen LogP contribution in [0.3, 0.4) is 0 Å². The van der Waals surface area contributed by atoms with Crippen molar-refractivity contribution < 1.29 is 9.47 Å². The fraction of sp³-hybridized carbons (Fsp3) is 0.241. The lowest BCUT2D eigenvalue weighted by Gasteiger charge is -2.38. The normalized spacial score (nSPS) is 17.8. The second kappa shape index (κ2) is 8.56. The van der Waals surface area contributed by atoms with Crippen LogP contribution in [0.1, 0.15) is 47.8 Å². The highest BCUT2D eigenvalue weighted by Gasteiger charge is 2.33. The number of fused-ring (bicyclic) bond motifs is 1. The molecule has 0 spiro atoms. The molecule has 31 heavy (non-hydrogen) atoms. The number of hydrogen-bond donors (Lipinski definition) is 0. The van der Waals surface area contributed by atoms with E-state index in [1.807, 2.05) is 18.2 Å². The van der Waals surface area contributed by atoms with Crippen molar-refractivity contribution >= 4 is 12.7 Å². The van der Waals surface area contributed by atoms with Crippen LogP contribution in [-0.4, -0.2) is 12.7 Å². The molecule has 0 aromatic heterocycles. The van der Waals surface area contributed by atoms with Gasteiger partial charge in [-0.1, -0.05) is 73.8 Å². The molecule has 0 amide bonds. The van der Waals surface area contributed by atoms with Gasteiger partial charge in [-0.3, -0.25) is 0 Å². The van der Waals surface area contributed by atoms with Crippen molar-refractivity contribution in [2.75, 3.05) is 7.11 Å². The molecule has 4 rings (SSSR count). The molecule has 0 fully saturated rings. The maximum Gasteiger partial charge on any atom is 0.122 e. The van der Waals surface area contributed by atoms with Gasteiger partial charge in [0.25, 0.3) is 0 Å². The molecule has 3 aromatic rings. The Morgan fingerprint density at radius 1 is 1.06 bits per heavy atom. The van der Waals surface area contributed by atoms with E-state index in [-0.39, 0.29) is 11.7 Å². The Labute approximate surface area is 185 Å². The minimum atomic E-state index is -0.215. The van der Waals surface area contributed by atoms with Crippen LogP contribution in [0.5, 0.6) is 5.75 Å². The van der Waals surface area contributed by atoms with E-state index in [0.717, 1.165) is 40.2 Å². The highest BCUT2D eigenvalue weighted by Crippen LogP contribution is 2.40. The van der Waals surface area contributed by atoms with Crippen molar-refractivity contribution in [1.82, 2.24) is 0 Å². The van der Waals surface area contributed by atoms with Crippen molar-refractivity contribution in [3.8, 4) is 5.75 Å². The van der Waals surface area contributed by atoms with E-state index >= 15 is 0 Å². The fourth-order valence-corrected chi connectivity index (χ4v) is 4.54. The van der Waals surface area contributed by atoms with Crippen molar-refractivity contribution in [1.29, 1.82) is 0 Å². The van der Waals surface area contributed by atoms with E-state index in [2.05, 4.69) is 81.6 Å². The van der Waals surface area contributed by atoms with Gasteiger partial charge in [0, 0.05) is 12.8 Å². The summed E-state index contributed by atoms with van der Waals surface area (Å²) in [6, 6.07) is 21.2. The molecule has 0 N–H and O–H groups in total. The monoisotopic (exact) mass is 410 g/mol. The van der Waals surface area contributed by atoms with Crippen LogP contribution < -0.4 is 15.2 Å². The van der Waals surface area contributed by atoms with E-state index in [9.17, 15) is 0 Å². The van der Waals surface area contributed by atoms with Crippen molar-refractivity contribution in [2.24, 2.45) is 0 Å². The maximum absolute atomic E-state index is 6.58. The standard InChI is InChI=1S/C29H30O2/c1-6-10-25-20(2)11-9-13-21(25)17-24-18-22(15-16-27(24)30-5)28-26-14-8-7-12-23(26)19-29(3,4)31-28/h6-16,18,28H,1-2,17,19H2,3-5H3/b25-10+. The van der Waals surface area contributed by atoms with Gasteiger partial charge in [-0.25, -0.2) is 0 Å². The number of benzene rings is 3. The van der Waals surface area contributed by atoms with Crippen LogP contribution in [0.2, 0.25) is 0 Å². The summed E-state index contributed by atoms with van der Waals surface area (Å²) in [5, 5.41) is 2.11. The quantitative estimate of drug-likeness (QED) is 0.582. The summed E-state index contributed by atoms with van der Waals surface area (Å²) in [6.45, 7) is 12.4. The smallest absolute Gasteiger partial charge is 0.122 e. The molecule has 1 heterocycles. The van der Waals surface area contributed by atoms with Gasteiger partial charge in [-0.15, -0.1) is 0 Å². The number of hydrogen-bond acceptors (Lipinski definition) is 2. The Morgan fingerprint density at radius 3 is 2.65 bits per heavy atom. The minimum Gasteiger partial charge on any atom is -0.496 e. The highest BCUT2D eigenvalue weighted by atomic mass is 16.5. The average molecular weight is 411 g/mol. The molecule has 0 saturated heterocycles. The predicted molar refractivity (Wildman–Crippen MR) is 129 cm³/mol. The van der Waals surface area contributed by atoms with Crippen molar-refractivity contribution in [2.45, 2.75) is 38.4 Å². The van der Waals surface area contributed by atoms with Gasteiger partial charge in [-0.2, -0.15) is 0 Å². The molecule has 3 aromatic carbocycles. The van der Waals surface area contributed by atoms with Crippen LogP contribution >= 0.6 is 0 Å². The Morgan fingerprint density at radius 2 is 1.87 bits per heavy atom. The van der Waals surface area contributed by atoms with Gasteiger partial charge in [0.05, 0.1) is 12.7 Å². The van der Waals surface area contributed by atoms with Gasteiger partial charge in [0.2, 0.25) is 0 Å². The lowest BCUT2D eigenvalue weighted by molar-refractivity contribution is -0.0669. The van der Waals surface area contributed by atoms with E-state index < -0.39 is 0 Å². The Bertz CT molecular complexity index is 1220. The van der Waals surface area contributed by atoms with E-state index in [0.29, 0.717) is 0 Å². The van der Waals surface area contributed by atoms with Crippen LogP contribution in [-0.2, 0) is 17.6 Å². The number of ether oxygens (including phenoxy) is 2.